The van der Waals surface area contributed by atoms with E-state index < -0.39 is 77.9 Å². The Kier molecular flexibility index (Phi) is 8.51. The van der Waals surface area contributed by atoms with Crippen LogP contribution in [0.15, 0.2) is 48.1 Å². The largest absolute Gasteiger partial charge is 0.527 e. The van der Waals surface area contributed by atoms with Crippen LogP contribution in [0.5, 0.6) is 5.75 Å². The number of carbonyl (C=O) groups is 3. The molecule has 1 amide bonds. The maximum absolute atomic E-state index is 17.4. The van der Waals surface area contributed by atoms with E-state index >= 15 is 4.39 Å². The van der Waals surface area contributed by atoms with Crippen molar-refractivity contribution >= 4 is 31.2 Å². The van der Waals surface area contributed by atoms with E-state index in [-0.39, 0.29) is 24.4 Å². The second kappa shape index (κ2) is 11.4. The number of anilines is 1. The number of ether oxygens (including phenoxy) is 1. The molecule has 1 aromatic carbocycles. The fourth-order valence-corrected chi connectivity index (χ4v) is 9.29. The SMILES string of the molecule is C[C@@H]1C[C@H]2[C@@H]3CCC4=CC(=O)C=C[C@]4(C)[C@@]3(F)[C@@H](O)C[C@]2(C)[C@@]1(O)C(=O)COP(=O)(O)Oc1ccc(NC(=O)OC(C)(C)C)cc1. The monoisotopic (exact) mass is 663 g/mol. The number of phosphoric acid groups is 1. The van der Waals surface area contributed by atoms with Crippen molar-refractivity contribution in [3.8, 4) is 5.75 Å². The molecule has 3 fully saturated rings. The Morgan fingerprint density at radius 3 is 2.43 bits per heavy atom. The Morgan fingerprint density at radius 2 is 1.80 bits per heavy atom. The normalized spacial score (nSPS) is 38.0. The van der Waals surface area contributed by atoms with Gasteiger partial charge in [-0.05, 0) is 102 Å². The van der Waals surface area contributed by atoms with E-state index in [1.54, 1.807) is 41.5 Å². The van der Waals surface area contributed by atoms with Gasteiger partial charge >= 0.3 is 13.9 Å². The van der Waals surface area contributed by atoms with E-state index in [1.807, 2.05) is 0 Å². The van der Waals surface area contributed by atoms with Crippen molar-refractivity contribution in [1.82, 2.24) is 0 Å². The maximum atomic E-state index is 17.4. The van der Waals surface area contributed by atoms with Crippen molar-refractivity contribution in [2.45, 2.75) is 90.2 Å². The van der Waals surface area contributed by atoms with Gasteiger partial charge in [0.2, 0.25) is 0 Å². The number of nitrogens with one attached hydrogen (secondary N) is 1. The number of alkyl halides is 1. The average molecular weight is 664 g/mol. The van der Waals surface area contributed by atoms with E-state index in [0.717, 1.165) is 0 Å². The van der Waals surface area contributed by atoms with Crippen LogP contribution in [0, 0.1) is 28.6 Å². The highest BCUT2D eigenvalue weighted by Crippen LogP contribution is 2.70. The molecule has 4 aliphatic rings. The molecule has 4 N–H and O–H groups in total. The van der Waals surface area contributed by atoms with E-state index in [1.165, 1.54) is 42.5 Å². The summed E-state index contributed by atoms with van der Waals surface area (Å²) in [7, 11) is -4.86. The van der Waals surface area contributed by atoms with Gasteiger partial charge in [0.15, 0.2) is 17.2 Å². The second-order valence-corrected chi connectivity index (χ2v) is 16.0. The molecule has 0 aliphatic heterocycles. The lowest BCUT2D eigenvalue weighted by Crippen LogP contribution is -2.69. The topological polar surface area (TPSA) is 169 Å². The fraction of sp³-hybridized carbons (Fsp3) is 0.606. The fourth-order valence-electron chi connectivity index (χ4n) is 8.57. The van der Waals surface area contributed by atoms with Gasteiger partial charge in [-0.3, -0.25) is 24.3 Å². The molecule has 11 nitrogen and oxygen atoms in total. The van der Waals surface area contributed by atoms with Gasteiger partial charge < -0.3 is 19.5 Å². The van der Waals surface area contributed by atoms with Gasteiger partial charge in [-0.1, -0.05) is 25.5 Å². The van der Waals surface area contributed by atoms with Gasteiger partial charge in [0.05, 0.1) is 6.10 Å². The van der Waals surface area contributed by atoms with E-state index in [4.69, 9.17) is 13.8 Å². The summed E-state index contributed by atoms with van der Waals surface area (Å²) in [5.74, 6) is -3.07. The third kappa shape index (κ3) is 5.56. The first-order chi connectivity index (χ1) is 21.2. The quantitative estimate of drug-likeness (QED) is 0.276. The highest BCUT2D eigenvalue weighted by atomic mass is 31.2. The molecule has 0 bridgehead atoms. The lowest BCUT2D eigenvalue weighted by molar-refractivity contribution is -0.219. The minimum Gasteiger partial charge on any atom is -0.444 e. The minimum absolute atomic E-state index is 0.0830. The lowest BCUT2D eigenvalue weighted by Gasteiger charge is -2.62. The average Bonchev–Trinajstić information content (AvgIpc) is 3.14. The van der Waals surface area contributed by atoms with Crippen LogP contribution in [0.2, 0.25) is 0 Å². The summed E-state index contributed by atoms with van der Waals surface area (Å²) < 4.78 is 45.5. The molecule has 1 aromatic rings. The van der Waals surface area contributed by atoms with Crippen LogP contribution in [0.3, 0.4) is 0 Å². The highest BCUT2D eigenvalue weighted by Gasteiger charge is 2.75. The third-order valence-corrected chi connectivity index (χ3v) is 11.6. The standard InChI is InChI=1S/C33H43FNO10P/c1-19-15-25-24-12-7-20-16-22(36)13-14-30(20,5)32(24,34)26(37)17-31(25,6)33(19,40)27(38)18-43-46(41,42)45-23-10-8-21(9-11-23)35-28(39)44-29(2,3)4/h8-11,13-14,16,19,24-26,37,40H,7,12,15,17-18H2,1-6H3,(H,35,39)(H,41,42)/t19-,24+,25+,26+,30+,31+,32+,33+/m1/s1. The summed E-state index contributed by atoms with van der Waals surface area (Å²) in [6, 6.07) is 5.46. The molecule has 3 saturated carbocycles. The smallest absolute Gasteiger partial charge is 0.444 e. The molecule has 0 saturated heterocycles. The molecule has 0 radical (unpaired) electrons. The number of halogens is 1. The van der Waals surface area contributed by atoms with Gasteiger partial charge in [-0.2, -0.15) is 0 Å². The number of benzene rings is 1. The number of phosphoric ester groups is 1. The second-order valence-electron chi connectivity index (χ2n) is 14.6. The Hall–Kier alpha value is -2.89. The van der Waals surface area contributed by atoms with Crippen molar-refractivity contribution in [2.24, 2.45) is 28.6 Å². The Labute approximate surface area is 267 Å². The maximum Gasteiger partial charge on any atom is 0.527 e. The Bertz CT molecular complexity index is 1540. The summed E-state index contributed by atoms with van der Waals surface area (Å²) >= 11 is 0. The number of hydrogen-bond donors (Lipinski definition) is 4. The molecule has 4 aliphatic carbocycles. The first-order valence-corrected chi connectivity index (χ1v) is 17.0. The number of fused-ring (bicyclic) bond motifs is 5. The molecule has 0 heterocycles. The van der Waals surface area contributed by atoms with E-state index in [9.17, 15) is 34.1 Å². The summed E-state index contributed by atoms with van der Waals surface area (Å²) in [5, 5.41) is 26.1. The van der Waals surface area contributed by atoms with E-state index in [0.29, 0.717) is 24.1 Å². The number of Topliss-reactive ketones (excluding diaryl/α,β-unsaturated/α-hetero) is 1. The number of allylic oxidation sites excluding steroid dienone is 4. The van der Waals surface area contributed by atoms with Gasteiger partial charge in [0.1, 0.15) is 23.6 Å². The van der Waals surface area contributed by atoms with Crippen LogP contribution in [0.1, 0.15) is 67.2 Å². The van der Waals surface area contributed by atoms with Gasteiger partial charge in [-0.25, -0.2) is 13.8 Å². The molecule has 9 atom stereocenters. The third-order valence-electron chi connectivity index (χ3n) is 10.7. The Morgan fingerprint density at radius 1 is 1.15 bits per heavy atom. The van der Waals surface area contributed by atoms with Gasteiger partial charge in [-0.15, -0.1) is 0 Å². The number of ketones is 2. The summed E-state index contributed by atoms with van der Waals surface area (Å²) in [4.78, 5) is 48.1. The summed E-state index contributed by atoms with van der Waals surface area (Å²) in [5.41, 5.74) is -6.45. The molecular weight excluding hydrogens is 620 g/mol. The van der Waals surface area contributed by atoms with Crippen molar-refractivity contribution < 1.29 is 52.2 Å². The summed E-state index contributed by atoms with van der Waals surface area (Å²) in [6.45, 7) is 9.20. The molecule has 1 unspecified atom stereocenters. The van der Waals surface area contributed by atoms with Crippen LogP contribution in [0.4, 0.5) is 14.9 Å². The van der Waals surface area contributed by atoms with Crippen molar-refractivity contribution in [3.05, 3.63) is 48.1 Å². The highest BCUT2D eigenvalue weighted by molar-refractivity contribution is 7.47. The van der Waals surface area contributed by atoms with Crippen molar-refractivity contribution in [3.63, 3.8) is 0 Å². The van der Waals surface area contributed by atoms with Crippen LogP contribution in [0.25, 0.3) is 0 Å². The molecule has 0 spiro atoms. The molecule has 5 rings (SSSR count). The summed E-state index contributed by atoms with van der Waals surface area (Å²) in [6.07, 6.45) is 2.88. The van der Waals surface area contributed by atoms with Crippen LogP contribution >= 0.6 is 7.82 Å². The molecule has 252 valence electrons. The lowest BCUT2D eigenvalue weighted by atomic mass is 9.44. The first-order valence-electron chi connectivity index (χ1n) is 15.5. The number of amides is 1. The van der Waals surface area contributed by atoms with Crippen molar-refractivity contribution in [1.29, 1.82) is 0 Å². The zero-order chi connectivity index (χ0) is 34.1. The predicted molar refractivity (Wildman–Crippen MR) is 166 cm³/mol. The number of carbonyl (C=O) groups excluding carboxylic acids is 3. The number of aliphatic hydroxyl groups excluding tert-OH is 1. The molecule has 46 heavy (non-hydrogen) atoms. The number of rotatable bonds is 7. The Balaban J connectivity index is 1.28. The van der Waals surface area contributed by atoms with Gasteiger partial charge in [0.25, 0.3) is 0 Å². The van der Waals surface area contributed by atoms with Gasteiger partial charge in [0, 0.05) is 22.4 Å². The first kappa shape index (κ1) is 34.4. The molecule has 13 heteroatoms. The van der Waals surface area contributed by atoms with Crippen LogP contribution < -0.4 is 9.84 Å². The van der Waals surface area contributed by atoms with E-state index in [2.05, 4.69) is 5.32 Å². The zero-order valence-corrected chi connectivity index (χ0v) is 27.8. The zero-order valence-electron chi connectivity index (χ0n) is 26.9. The number of aliphatic hydroxyl groups is 2. The van der Waals surface area contributed by atoms with Crippen LogP contribution in [-0.4, -0.2) is 62.3 Å². The predicted octanol–water partition coefficient (Wildman–Crippen LogP) is 5.45. The molecule has 0 aromatic heterocycles. The minimum atomic E-state index is -4.86. The number of hydrogen-bond acceptors (Lipinski definition) is 9. The van der Waals surface area contributed by atoms with Crippen molar-refractivity contribution in [2.75, 3.05) is 11.9 Å². The van der Waals surface area contributed by atoms with Crippen LogP contribution in [-0.2, 0) is 23.4 Å². The molecular formula is C33H43FNO10P.